The van der Waals surface area contributed by atoms with Crippen molar-refractivity contribution >= 4 is 16.6 Å². The molecule has 3 nitrogen and oxygen atoms in total. The van der Waals surface area contributed by atoms with Crippen molar-refractivity contribution in [3.05, 3.63) is 90.4 Å². The summed E-state index contributed by atoms with van der Waals surface area (Å²) in [6.45, 7) is 0. The average molecular weight is 324 g/mol. The number of Topliss-reactive ketones (excluding diaryl/α,β-unsaturated/α-hetero) is 1. The Morgan fingerprint density at radius 2 is 1.76 bits per heavy atom. The smallest absolute Gasteiger partial charge is 0.165 e. The van der Waals surface area contributed by atoms with Gasteiger partial charge in [0.1, 0.15) is 0 Å². The maximum atomic E-state index is 13.0. The molecule has 5 rings (SSSR count). The number of carbonyl (C=O) groups excluding carboxylic acids is 1. The molecule has 1 atom stereocenters. The molecule has 0 bridgehead atoms. The van der Waals surface area contributed by atoms with Gasteiger partial charge in [0, 0.05) is 17.5 Å². The van der Waals surface area contributed by atoms with E-state index in [1.165, 1.54) is 11.1 Å². The summed E-state index contributed by atoms with van der Waals surface area (Å²) in [5, 5.41) is 2.26. The van der Waals surface area contributed by atoms with Crippen LogP contribution in [0.2, 0.25) is 0 Å². The molecule has 0 fully saturated rings. The zero-order valence-corrected chi connectivity index (χ0v) is 13.6. The van der Waals surface area contributed by atoms with Gasteiger partial charge in [-0.1, -0.05) is 60.7 Å². The van der Waals surface area contributed by atoms with E-state index in [1.807, 2.05) is 61.1 Å². The predicted octanol–water partition coefficient (Wildman–Crippen LogP) is 4.88. The molecule has 2 heterocycles. The van der Waals surface area contributed by atoms with E-state index in [1.54, 1.807) is 0 Å². The third kappa shape index (κ3) is 2.20. The predicted molar refractivity (Wildman–Crippen MR) is 98.7 cm³/mol. The number of hydrogen-bond donors (Lipinski definition) is 0. The molecule has 25 heavy (non-hydrogen) atoms. The van der Waals surface area contributed by atoms with Crippen LogP contribution in [0.15, 0.2) is 79.3 Å². The van der Waals surface area contributed by atoms with Crippen molar-refractivity contribution in [1.29, 1.82) is 0 Å². The van der Waals surface area contributed by atoms with Crippen molar-refractivity contribution in [2.24, 2.45) is 0 Å². The van der Waals surface area contributed by atoms with E-state index in [0.717, 1.165) is 22.0 Å². The first-order valence-corrected chi connectivity index (χ1v) is 8.44. The molecule has 4 aromatic rings. The Labute approximate surface area is 145 Å². The van der Waals surface area contributed by atoms with E-state index in [4.69, 9.17) is 0 Å². The van der Waals surface area contributed by atoms with Gasteiger partial charge in [0.25, 0.3) is 0 Å². The van der Waals surface area contributed by atoms with Crippen LogP contribution in [0.25, 0.3) is 22.0 Å². The second kappa shape index (κ2) is 5.42. The lowest BCUT2D eigenvalue weighted by Gasteiger charge is -2.14. The Kier molecular flexibility index (Phi) is 3.07. The lowest BCUT2D eigenvalue weighted by Crippen LogP contribution is -2.11. The third-order valence-electron chi connectivity index (χ3n) is 5.05. The van der Waals surface area contributed by atoms with Crippen molar-refractivity contribution in [1.82, 2.24) is 9.55 Å². The van der Waals surface area contributed by atoms with Crippen molar-refractivity contribution in [3.63, 3.8) is 0 Å². The molecule has 0 aliphatic carbocycles. The lowest BCUT2D eigenvalue weighted by atomic mass is 9.96. The Balaban J connectivity index is 1.51. The zero-order chi connectivity index (χ0) is 16.8. The normalized spacial score (nSPS) is 15.1. The average Bonchev–Trinajstić information content (AvgIpc) is 3.24. The van der Waals surface area contributed by atoms with Gasteiger partial charge in [0.15, 0.2) is 5.78 Å². The van der Waals surface area contributed by atoms with E-state index in [0.29, 0.717) is 6.42 Å². The first-order chi connectivity index (χ1) is 12.3. The van der Waals surface area contributed by atoms with Crippen LogP contribution in [0.5, 0.6) is 0 Å². The summed E-state index contributed by atoms with van der Waals surface area (Å²) in [6.07, 6.45) is 4.14. The van der Waals surface area contributed by atoms with Crippen LogP contribution in [-0.2, 0) is 0 Å². The second-order valence-electron chi connectivity index (χ2n) is 6.48. The molecule has 3 heteroatoms. The fourth-order valence-corrected chi connectivity index (χ4v) is 3.80. The van der Waals surface area contributed by atoms with E-state index in [9.17, 15) is 4.79 Å². The SMILES string of the molecule is O=C(CC1c2ccccc2-c2cncn21)c1ccc2ccccc2c1. The minimum atomic E-state index is 0.0210. The van der Waals surface area contributed by atoms with Crippen molar-refractivity contribution in [2.45, 2.75) is 12.5 Å². The molecule has 1 aliphatic heterocycles. The number of fused-ring (bicyclic) bond motifs is 4. The molecule has 0 saturated heterocycles. The van der Waals surface area contributed by atoms with Gasteiger partial charge in [0.2, 0.25) is 0 Å². The third-order valence-corrected chi connectivity index (χ3v) is 5.05. The van der Waals surface area contributed by atoms with Gasteiger partial charge in [-0.25, -0.2) is 4.98 Å². The standard InChI is InChI=1S/C22H16N2O/c25-22(17-10-9-15-5-1-2-6-16(15)11-17)12-20-18-7-3-4-8-19(18)21-13-23-14-24(20)21/h1-11,13-14,20H,12H2. The molecule has 120 valence electrons. The lowest BCUT2D eigenvalue weighted by molar-refractivity contribution is 0.0970. The maximum absolute atomic E-state index is 13.0. The van der Waals surface area contributed by atoms with E-state index in [-0.39, 0.29) is 11.8 Å². The first kappa shape index (κ1) is 14.2. The number of benzene rings is 3. The largest absolute Gasteiger partial charge is 0.322 e. The summed E-state index contributed by atoms with van der Waals surface area (Å²) in [6, 6.07) is 22.4. The molecule has 0 N–H and O–H groups in total. The molecule has 1 unspecified atom stereocenters. The molecule has 0 amide bonds. The number of aromatic nitrogens is 2. The molecular formula is C22H16N2O. The van der Waals surface area contributed by atoms with Gasteiger partial charge in [-0.2, -0.15) is 0 Å². The highest BCUT2D eigenvalue weighted by Crippen LogP contribution is 2.41. The van der Waals surface area contributed by atoms with Gasteiger partial charge in [-0.3, -0.25) is 4.79 Å². The van der Waals surface area contributed by atoms with Crippen LogP contribution >= 0.6 is 0 Å². The molecule has 0 spiro atoms. The summed E-state index contributed by atoms with van der Waals surface area (Å²) in [7, 11) is 0. The van der Waals surface area contributed by atoms with Crippen LogP contribution in [-0.4, -0.2) is 15.3 Å². The minimum absolute atomic E-state index is 0.0210. The van der Waals surface area contributed by atoms with Crippen LogP contribution < -0.4 is 0 Å². The van der Waals surface area contributed by atoms with Crippen LogP contribution in [0.3, 0.4) is 0 Å². The van der Waals surface area contributed by atoms with Crippen molar-refractivity contribution in [2.75, 3.05) is 0 Å². The quantitative estimate of drug-likeness (QED) is 0.503. The summed E-state index contributed by atoms with van der Waals surface area (Å²) in [5.41, 5.74) is 4.24. The number of ketones is 1. The molecule has 1 aromatic heterocycles. The topological polar surface area (TPSA) is 34.9 Å². The molecular weight excluding hydrogens is 308 g/mol. The monoisotopic (exact) mass is 324 g/mol. The number of hydrogen-bond acceptors (Lipinski definition) is 2. The molecule has 0 radical (unpaired) electrons. The number of carbonyl (C=O) groups is 1. The van der Waals surface area contributed by atoms with Gasteiger partial charge < -0.3 is 4.57 Å². The summed E-state index contributed by atoms with van der Waals surface area (Å²) < 4.78 is 2.11. The highest BCUT2D eigenvalue weighted by Gasteiger charge is 2.29. The van der Waals surface area contributed by atoms with E-state index >= 15 is 0 Å². The van der Waals surface area contributed by atoms with Crippen LogP contribution in [0, 0.1) is 0 Å². The molecule has 1 aliphatic rings. The Bertz CT molecular complexity index is 1110. The first-order valence-electron chi connectivity index (χ1n) is 8.44. The summed E-state index contributed by atoms with van der Waals surface area (Å²) in [4.78, 5) is 17.2. The highest BCUT2D eigenvalue weighted by molar-refractivity contribution is 6.00. The van der Waals surface area contributed by atoms with E-state index < -0.39 is 0 Å². The molecule has 0 saturated carbocycles. The van der Waals surface area contributed by atoms with Gasteiger partial charge in [-0.05, 0) is 22.4 Å². The van der Waals surface area contributed by atoms with Crippen molar-refractivity contribution in [3.8, 4) is 11.3 Å². The van der Waals surface area contributed by atoms with Crippen molar-refractivity contribution < 1.29 is 4.79 Å². The van der Waals surface area contributed by atoms with Gasteiger partial charge in [0.05, 0.1) is 24.3 Å². The van der Waals surface area contributed by atoms with Crippen LogP contribution in [0.4, 0.5) is 0 Å². The van der Waals surface area contributed by atoms with Crippen LogP contribution in [0.1, 0.15) is 28.4 Å². The second-order valence-corrected chi connectivity index (χ2v) is 6.48. The number of nitrogens with zero attached hydrogens (tertiary/aromatic N) is 2. The number of rotatable bonds is 3. The minimum Gasteiger partial charge on any atom is -0.322 e. The zero-order valence-electron chi connectivity index (χ0n) is 13.6. The summed E-state index contributed by atoms with van der Waals surface area (Å²) >= 11 is 0. The van der Waals surface area contributed by atoms with Gasteiger partial charge in [-0.15, -0.1) is 0 Å². The number of imidazole rings is 1. The summed E-state index contributed by atoms with van der Waals surface area (Å²) in [5.74, 6) is 0.159. The maximum Gasteiger partial charge on any atom is 0.165 e. The molecule has 3 aromatic carbocycles. The van der Waals surface area contributed by atoms with E-state index in [2.05, 4.69) is 27.8 Å². The fourth-order valence-electron chi connectivity index (χ4n) is 3.80. The van der Waals surface area contributed by atoms with Gasteiger partial charge >= 0.3 is 0 Å². The fraction of sp³-hybridized carbons (Fsp3) is 0.0909. The Hall–Kier alpha value is -3.20. The Morgan fingerprint density at radius 3 is 2.68 bits per heavy atom. The highest BCUT2D eigenvalue weighted by atomic mass is 16.1. The Morgan fingerprint density at radius 1 is 0.960 bits per heavy atom.